The van der Waals surface area contributed by atoms with Crippen LogP contribution < -0.4 is 0 Å². The highest BCUT2D eigenvalue weighted by Gasteiger charge is 2.32. The summed E-state index contributed by atoms with van der Waals surface area (Å²) in [5.74, 6) is 2.39. The number of nitrogens with zero attached hydrogens (tertiary/aromatic N) is 6. The summed E-state index contributed by atoms with van der Waals surface area (Å²) in [6, 6.07) is 12.2. The fourth-order valence-corrected chi connectivity index (χ4v) is 4.06. The van der Waals surface area contributed by atoms with Gasteiger partial charge in [0, 0.05) is 24.5 Å². The van der Waals surface area contributed by atoms with Gasteiger partial charge in [0.05, 0.1) is 23.6 Å². The number of aryl methyl sites for hydroxylation is 1. The van der Waals surface area contributed by atoms with Crippen molar-refractivity contribution < 1.29 is 4.52 Å². The zero-order chi connectivity index (χ0) is 18.9. The summed E-state index contributed by atoms with van der Waals surface area (Å²) in [5, 5.41) is 4.18. The largest absolute Gasteiger partial charge is 0.337 e. The molecule has 1 saturated heterocycles. The molecule has 0 radical (unpaired) electrons. The third-order valence-corrected chi connectivity index (χ3v) is 5.42. The molecule has 0 amide bonds. The Morgan fingerprint density at radius 1 is 1.11 bits per heavy atom. The molecule has 5 rings (SSSR count). The van der Waals surface area contributed by atoms with Gasteiger partial charge in [0.25, 0.3) is 0 Å². The van der Waals surface area contributed by atoms with Gasteiger partial charge in [0.1, 0.15) is 5.82 Å². The lowest BCUT2D eigenvalue weighted by Crippen LogP contribution is -2.25. The Labute approximate surface area is 163 Å². The maximum absolute atomic E-state index is 5.64. The van der Waals surface area contributed by atoms with Gasteiger partial charge in [-0.3, -0.25) is 9.88 Å². The molecule has 0 unspecified atom stereocenters. The second kappa shape index (κ2) is 7.16. The van der Waals surface area contributed by atoms with Gasteiger partial charge in [-0.25, -0.2) is 4.98 Å². The molecule has 7 nitrogen and oxygen atoms in total. The summed E-state index contributed by atoms with van der Waals surface area (Å²) >= 11 is 0. The van der Waals surface area contributed by atoms with Gasteiger partial charge < -0.3 is 9.09 Å². The Balaban J connectivity index is 1.42. The van der Waals surface area contributed by atoms with Crippen molar-refractivity contribution in [2.45, 2.75) is 38.9 Å². The summed E-state index contributed by atoms with van der Waals surface area (Å²) in [6.45, 7) is 4.85. The van der Waals surface area contributed by atoms with E-state index in [9.17, 15) is 0 Å². The number of fused-ring (bicyclic) bond motifs is 1. The van der Waals surface area contributed by atoms with E-state index < -0.39 is 0 Å². The normalized spacial score (nSPS) is 17.5. The lowest BCUT2D eigenvalue weighted by Gasteiger charge is -2.21. The van der Waals surface area contributed by atoms with Gasteiger partial charge in [-0.05, 0) is 50.6 Å². The molecule has 4 heterocycles. The van der Waals surface area contributed by atoms with Crippen molar-refractivity contribution in [3.05, 3.63) is 60.5 Å². The number of rotatable bonds is 5. The first kappa shape index (κ1) is 17.1. The number of para-hydroxylation sites is 2. The van der Waals surface area contributed by atoms with E-state index in [2.05, 4.69) is 49.7 Å². The van der Waals surface area contributed by atoms with Crippen LogP contribution in [0.4, 0.5) is 0 Å². The van der Waals surface area contributed by atoms with Crippen molar-refractivity contribution in [3.8, 4) is 11.4 Å². The summed E-state index contributed by atoms with van der Waals surface area (Å²) in [7, 11) is 0. The second-order valence-electron chi connectivity index (χ2n) is 7.08. The van der Waals surface area contributed by atoms with E-state index in [1.807, 2.05) is 18.2 Å². The molecule has 7 heteroatoms. The minimum atomic E-state index is 0.133. The van der Waals surface area contributed by atoms with Gasteiger partial charge in [-0.2, -0.15) is 4.98 Å². The highest BCUT2D eigenvalue weighted by Crippen LogP contribution is 2.33. The number of imidazole rings is 1. The molecule has 0 bridgehead atoms. The smallest absolute Gasteiger partial charge is 0.244 e. The van der Waals surface area contributed by atoms with E-state index in [4.69, 9.17) is 9.51 Å². The summed E-state index contributed by atoms with van der Waals surface area (Å²) < 4.78 is 7.93. The lowest BCUT2D eigenvalue weighted by atomic mass is 10.2. The van der Waals surface area contributed by atoms with Crippen molar-refractivity contribution >= 4 is 11.0 Å². The molecule has 1 aromatic carbocycles. The van der Waals surface area contributed by atoms with Crippen LogP contribution in [0, 0.1) is 0 Å². The van der Waals surface area contributed by atoms with E-state index >= 15 is 0 Å². The van der Waals surface area contributed by atoms with Crippen molar-refractivity contribution in [1.29, 1.82) is 0 Å². The molecule has 0 saturated carbocycles. The first-order valence-corrected chi connectivity index (χ1v) is 9.75. The van der Waals surface area contributed by atoms with Crippen LogP contribution in [0.3, 0.4) is 0 Å². The molecule has 142 valence electrons. The molecule has 0 N–H and O–H groups in total. The predicted molar refractivity (Wildman–Crippen MR) is 105 cm³/mol. The molecule has 28 heavy (non-hydrogen) atoms. The Kier molecular flexibility index (Phi) is 4.37. The maximum Gasteiger partial charge on any atom is 0.244 e. The number of pyridine rings is 1. The van der Waals surface area contributed by atoms with Crippen molar-refractivity contribution in [1.82, 2.24) is 29.6 Å². The van der Waals surface area contributed by atoms with Gasteiger partial charge in [0.15, 0.2) is 0 Å². The first-order chi connectivity index (χ1) is 13.8. The molecule has 0 spiro atoms. The van der Waals surface area contributed by atoms with Crippen molar-refractivity contribution in [2.75, 3.05) is 6.54 Å². The standard InChI is InChI=1S/C21H22N6O/c1-2-27-17-7-4-3-6-16(17)23-19(27)14-26-13-5-8-18(26)21-24-20(25-28-21)15-9-11-22-12-10-15/h3-4,6-7,9-12,18H,2,5,8,13-14H2,1H3/t18-/m0/s1. The van der Waals surface area contributed by atoms with Gasteiger partial charge in [-0.1, -0.05) is 17.3 Å². The highest BCUT2D eigenvalue weighted by molar-refractivity contribution is 5.75. The summed E-state index contributed by atoms with van der Waals surface area (Å²) in [5.41, 5.74) is 3.16. The number of aromatic nitrogens is 5. The Hall–Kier alpha value is -3.06. The molecule has 0 aliphatic carbocycles. The van der Waals surface area contributed by atoms with Gasteiger partial charge in [0.2, 0.25) is 11.7 Å². The van der Waals surface area contributed by atoms with Crippen molar-refractivity contribution in [2.24, 2.45) is 0 Å². The lowest BCUT2D eigenvalue weighted by molar-refractivity contribution is 0.195. The van der Waals surface area contributed by atoms with Crippen LogP contribution in [0.25, 0.3) is 22.4 Å². The Bertz CT molecular complexity index is 1090. The topological polar surface area (TPSA) is 72.9 Å². The number of likely N-dealkylation sites (tertiary alicyclic amines) is 1. The molecular formula is C21H22N6O. The zero-order valence-corrected chi connectivity index (χ0v) is 15.8. The Morgan fingerprint density at radius 2 is 1.96 bits per heavy atom. The summed E-state index contributed by atoms with van der Waals surface area (Å²) in [4.78, 5) is 16.0. The fraction of sp³-hybridized carbons (Fsp3) is 0.333. The van der Waals surface area contributed by atoms with Crippen LogP contribution in [0.2, 0.25) is 0 Å². The van der Waals surface area contributed by atoms with Crippen molar-refractivity contribution in [3.63, 3.8) is 0 Å². The molecule has 4 aromatic rings. The number of hydrogen-bond donors (Lipinski definition) is 0. The van der Waals surface area contributed by atoms with Crippen LogP contribution >= 0.6 is 0 Å². The highest BCUT2D eigenvalue weighted by atomic mass is 16.5. The van der Waals surface area contributed by atoms with Crippen LogP contribution in [-0.2, 0) is 13.1 Å². The quantitative estimate of drug-likeness (QED) is 0.528. The van der Waals surface area contributed by atoms with Gasteiger partial charge in [-0.15, -0.1) is 0 Å². The van der Waals surface area contributed by atoms with E-state index in [1.165, 1.54) is 5.52 Å². The van der Waals surface area contributed by atoms with Crippen LogP contribution in [0.5, 0.6) is 0 Å². The third-order valence-electron chi connectivity index (χ3n) is 5.42. The van der Waals surface area contributed by atoms with Gasteiger partial charge >= 0.3 is 0 Å². The van der Waals surface area contributed by atoms with Crippen LogP contribution in [-0.4, -0.2) is 36.1 Å². The summed E-state index contributed by atoms with van der Waals surface area (Å²) in [6.07, 6.45) is 5.61. The van der Waals surface area contributed by atoms with Crippen LogP contribution in [0.1, 0.15) is 37.5 Å². The molecule has 3 aromatic heterocycles. The maximum atomic E-state index is 5.64. The second-order valence-corrected chi connectivity index (χ2v) is 7.08. The van der Waals surface area contributed by atoms with E-state index in [0.717, 1.165) is 49.4 Å². The fourth-order valence-electron chi connectivity index (χ4n) is 4.06. The third kappa shape index (κ3) is 2.97. The number of benzene rings is 1. The first-order valence-electron chi connectivity index (χ1n) is 9.75. The Morgan fingerprint density at radius 3 is 2.82 bits per heavy atom. The minimum absolute atomic E-state index is 0.133. The molecule has 1 aliphatic rings. The predicted octanol–water partition coefficient (Wildman–Crippen LogP) is 3.84. The van der Waals surface area contributed by atoms with Crippen LogP contribution in [0.15, 0.2) is 53.3 Å². The molecule has 1 fully saturated rings. The zero-order valence-electron chi connectivity index (χ0n) is 15.8. The number of hydrogen-bond acceptors (Lipinski definition) is 6. The average Bonchev–Trinajstić information content (AvgIpc) is 3.46. The monoisotopic (exact) mass is 374 g/mol. The minimum Gasteiger partial charge on any atom is -0.337 e. The SMILES string of the molecule is CCn1c(CN2CCC[C@H]2c2nc(-c3ccncc3)no2)nc2ccccc21. The molecular weight excluding hydrogens is 352 g/mol. The van der Waals surface area contributed by atoms with E-state index in [-0.39, 0.29) is 6.04 Å². The molecule has 1 aliphatic heterocycles. The average molecular weight is 374 g/mol. The van der Waals surface area contributed by atoms with E-state index in [0.29, 0.717) is 11.7 Å². The van der Waals surface area contributed by atoms with E-state index in [1.54, 1.807) is 12.4 Å². The molecule has 1 atom stereocenters.